The molecular weight excluding hydrogens is 548 g/mol. The van der Waals surface area contributed by atoms with Crippen LogP contribution in [-0.2, 0) is 9.53 Å². The lowest BCUT2D eigenvalue weighted by Crippen LogP contribution is -2.65. The Hall–Kier alpha value is -2.83. The largest absolute Gasteiger partial charge is 0.444 e. The Morgan fingerprint density at radius 3 is 2.15 bits per heavy atom. The van der Waals surface area contributed by atoms with Gasteiger partial charge in [-0.2, -0.15) is 0 Å². The maximum Gasteiger partial charge on any atom is 0.410 e. The molecular formula is C28H46N6O6S. The van der Waals surface area contributed by atoms with Crippen molar-refractivity contribution in [2.24, 2.45) is 5.92 Å². The molecule has 0 bridgehead atoms. The average Bonchev–Trinajstić information content (AvgIpc) is 3.35. The molecule has 1 atom stereocenters. The van der Waals surface area contributed by atoms with E-state index in [4.69, 9.17) is 9.15 Å². The second-order valence-corrected chi connectivity index (χ2v) is 14.1. The number of ether oxygens (including phenoxy) is 1. The van der Waals surface area contributed by atoms with E-state index in [1.807, 2.05) is 48.5 Å². The zero-order valence-corrected chi connectivity index (χ0v) is 26.3. The lowest BCUT2D eigenvalue weighted by molar-refractivity contribution is -0.129. The first-order valence-corrected chi connectivity index (χ1v) is 15.5. The van der Waals surface area contributed by atoms with E-state index in [2.05, 4.69) is 20.8 Å². The lowest BCUT2D eigenvalue weighted by atomic mass is 9.80. The number of hydrogen-bond acceptors (Lipinski definition) is 9. The van der Waals surface area contributed by atoms with Crippen LogP contribution in [0.5, 0.6) is 0 Å². The molecule has 12 nitrogen and oxygen atoms in total. The van der Waals surface area contributed by atoms with Crippen molar-refractivity contribution in [3.8, 4) is 0 Å². The van der Waals surface area contributed by atoms with Gasteiger partial charge in [-0.3, -0.25) is 9.59 Å². The minimum absolute atomic E-state index is 0.106. The number of hydrogen-bond donors (Lipinski definition) is 2. The minimum atomic E-state index is -1.14. The van der Waals surface area contributed by atoms with Gasteiger partial charge in [0.15, 0.2) is 0 Å². The second-order valence-electron chi connectivity index (χ2n) is 12.6. The predicted molar refractivity (Wildman–Crippen MR) is 155 cm³/mol. The highest BCUT2D eigenvalue weighted by Gasteiger charge is 2.44. The second kappa shape index (κ2) is 13.9. The van der Waals surface area contributed by atoms with Crippen molar-refractivity contribution in [2.45, 2.75) is 115 Å². The summed E-state index contributed by atoms with van der Waals surface area (Å²) in [5.41, 5.74) is -1.74. The highest BCUT2D eigenvalue weighted by Crippen LogP contribution is 2.30. The van der Waals surface area contributed by atoms with Crippen LogP contribution in [0.1, 0.15) is 97.7 Å². The quantitative estimate of drug-likeness (QED) is 0.316. The van der Waals surface area contributed by atoms with Crippen molar-refractivity contribution in [2.75, 3.05) is 26.2 Å². The van der Waals surface area contributed by atoms with Gasteiger partial charge in [-0.25, -0.2) is 9.59 Å². The maximum absolute atomic E-state index is 13.9. The number of aromatic nitrogens is 2. The summed E-state index contributed by atoms with van der Waals surface area (Å²) in [6.07, 6.45) is 3.45. The zero-order valence-electron chi connectivity index (χ0n) is 25.4. The van der Waals surface area contributed by atoms with Crippen LogP contribution >= 0.6 is 11.8 Å². The van der Waals surface area contributed by atoms with Gasteiger partial charge < -0.3 is 29.6 Å². The summed E-state index contributed by atoms with van der Waals surface area (Å²) in [6.45, 7) is 14.7. The molecule has 3 rings (SSSR count). The Labute approximate surface area is 247 Å². The van der Waals surface area contributed by atoms with Gasteiger partial charge in [-0.15, -0.1) is 10.2 Å². The third kappa shape index (κ3) is 9.34. The molecule has 13 heteroatoms. The first-order valence-electron chi connectivity index (χ1n) is 14.6. The van der Waals surface area contributed by atoms with Crippen molar-refractivity contribution in [1.82, 2.24) is 30.6 Å². The molecule has 1 aromatic rings. The number of nitrogens with one attached hydrogen (secondary N) is 2. The number of piperazine rings is 1. The van der Waals surface area contributed by atoms with E-state index in [1.54, 1.807) is 9.80 Å². The van der Waals surface area contributed by atoms with Crippen molar-refractivity contribution >= 4 is 35.6 Å². The number of nitrogens with zero attached hydrogens (tertiary/aromatic N) is 4. The molecule has 0 radical (unpaired) electrons. The molecule has 2 fully saturated rings. The van der Waals surface area contributed by atoms with Gasteiger partial charge in [0.2, 0.25) is 11.7 Å². The molecule has 1 saturated carbocycles. The number of ketones is 1. The number of urea groups is 1. The van der Waals surface area contributed by atoms with E-state index in [1.165, 1.54) is 11.8 Å². The molecule has 1 saturated heterocycles. The van der Waals surface area contributed by atoms with Gasteiger partial charge in [0.25, 0.3) is 11.1 Å². The summed E-state index contributed by atoms with van der Waals surface area (Å²) in [4.78, 5) is 56.3. The molecule has 1 aromatic heterocycles. The lowest BCUT2D eigenvalue weighted by Gasteiger charge is -2.41. The number of thioether (sulfide) groups is 1. The Morgan fingerprint density at radius 1 is 0.976 bits per heavy atom. The van der Waals surface area contributed by atoms with E-state index in [9.17, 15) is 19.2 Å². The zero-order chi connectivity index (χ0) is 30.4. The molecule has 0 spiro atoms. The molecule has 1 unspecified atom stereocenters. The summed E-state index contributed by atoms with van der Waals surface area (Å²) < 4.78 is 11.0. The van der Waals surface area contributed by atoms with E-state index >= 15 is 0 Å². The van der Waals surface area contributed by atoms with Crippen LogP contribution in [0.25, 0.3) is 0 Å². The molecule has 4 amide bonds. The van der Waals surface area contributed by atoms with E-state index in [-0.39, 0.29) is 29.0 Å². The number of amides is 4. The third-order valence-corrected chi connectivity index (χ3v) is 7.83. The molecule has 0 aromatic carbocycles. The molecule has 2 heterocycles. The SMILES string of the molecule is CC(C)CC(NC(=O)C1(NC(=O)N2CCN(C(=O)OC(C)(C)C)CC2)CCCCC1)C(=O)c1nnc(SC(C)C)o1. The first-order chi connectivity index (χ1) is 19.2. The van der Waals surface area contributed by atoms with E-state index in [0.29, 0.717) is 50.7 Å². The van der Waals surface area contributed by atoms with Crippen LogP contribution in [-0.4, -0.2) is 92.4 Å². The molecule has 2 N–H and O–H groups in total. The summed E-state index contributed by atoms with van der Waals surface area (Å²) in [5.74, 6) is -0.850. The first kappa shape index (κ1) is 32.7. The summed E-state index contributed by atoms with van der Waals surface area (Å²) in [6, 6.07) is -1.22. The Morgan fingerprint density at radius 2 is 1.59 bits per heavy atom. The van der Waals surface area contributed by atoms with Gasteiger partial charge >= 0.3 is 12.1 Å². The van der Waals surface area contributed by atoms with Gasteiger partial charge in [0, 0.05) is 31.4 Å². The molecule has 230 valence electrons. The van der Waals surface area contributed by atoms with Crippen LogP contribution in [0.4, 0.5) is 9.59 Å². The Balaban J connectivity index is 1.69. The predicted octanol–water partition coefficient (Wildman–Crippen LogP) is 4.25. The monoisotopic (exact) mass is 594 g/mol. The van der Waals surface area contributed by atoms with E-state index in [0.717, 1.165) is 19.3 Å². The Kier molecular flexibility index (Phi) is 11.1. The number of Topliss-reactive ketones (excluding diaryl/α,β-unsaturated/α-hetero) is 1. The average molecular weight is 595 g/mol. The molecule has 2 aliphatic rings. The number of rotatable bonds is 9. The third-order valence-electron chi connectivity index (χ3n) is 6.99. The Bertz CT molecular complexity index is 1070. The van der Waals surface area contributed by atoms with Crippen molar-refractivity contribution in [1.29, 1.82) is 0 Å². The van der Waals surface area contributed by atoms with Crippen molar-refractivity contribution in [3.63, 3.8) is 0 Å². The van der Waals surface area contributed by atoms with Crippen LogP contribution < -0.4 is 10.6 Å². The smallest absolute Gasteiger partial charge is 0.410 e. The maximum atomic E-state index is 13.9. The van der Waals surface area contributed by atoms with Crippen molar-refractivity contribution in [3.05, 3.63) is 5.89 Å². The van der Waals surface area contributed by atoms with Crippen LogP contribution in [0.3, 0.4) is 0 Å². The topological polar surface area (TPSA) is 147 Å². The molecule has 1 aliphatic heterocycles. The fraction of sp³-hybridized carbons (Fsp3) is 0.786. The van der Waals surface area contributed by atoms with Gasteiger partial charge in [0.05, 0.1) is 6.04 Å². The van der Waals surface area contributed by atoms with E-state index < -0.39 is 29.1 Å². The summed E-state index contributed by atoms with van der Waals surface area (Å²) in [5, 5.41) is 14.4. The standard InChI is InChI=1S/C28H46N6O6S/c1-18(2)17-20(21(35)22-31-32-25(39-22)41-19(3)4)29-23(36)28(11-9-8-10-12-28)30-24(37)33-13-15-34(16-14-33)26(38)40-27(5,6)7/h18-20H,8-17H2,1-7H3,(H,29,36)(H,30,37). The van der Waals surface area contributed by atoms with Crippen molar-refractivity contribution < 1.29 is 28.3 Å². The molecule has 41 heavy (non-hydrogen) atoms. The van der Waals surface area contributed by atoms with Gasteiger partial charge in [-0.1, -0.05) is 58.7 Å². The number of carbonyl (C=O) groups is 4. The highest BCUT2D eigenvalue weighted by atomic mass is 32.2. The minimum Gasteiger partial charge on any atom is -0.444 e. The summed E-state index contributed by atoms with van der Waals surface area (Å²) >= 11 is 1.36. The summed E-state index contributed by atoms with van der Waals surface area (Å²) in [7, 11) is 0. The normalized spacial score (nSPS) is 18.3. The molecule has 1 aliphatic carbocycles. The van der Waals surface area contributed by atoms with Gasteiger partial charge in [0.1, 0.15) is 11.1 Å². The van der Waals surface area contributed by atoms with Crippen LogP contribution in [0, 0.1) is 5.92 Å². The number of carbonyl (C=O) groups excluding carboxylic acids is 4. The highest BCUT2D eigenvalue weighted by molar-refractivity contribution is 7.99. The van der Waals surface area contributed by atoms with Gasteiger partial charge in [-0.05, 0) is 46.0 Å². The van der Waals surface area contributed by atoms with Crippen LogP contribution in [0.2, 0.25) is 0 Å². The fourth-order valence-corrected chi connectivity index (χ4v) is 5.59. The fourth-order valence-electron chi connectivity index (χ4n) is 4.97. The van der Waals surface area contributed by atoms with Crippen LogP contribution in [0.15, 0.2) is 9.64 Å².